The van der Waals surface area contributed by atoms with Gasteiger partial charge in [0.25, 0.3) is 0 Å². The quantitative estimate of drug-likeness (QED) is 0.323. The van der Waals surface area contributed by atoms with Crippen LogP contribution in [0.3, 0.4) is 0 Å². The lowest BCUT2D eigenvalue weighted by molar-refractivity contribution is 0.301. The minimum absolute atomic E-state index is 0.428. The highest BCUT2D eigenvalue weighted by atomic mass is 32.1. The normalized spacial score (nSPS) is 14.3. The molecule has 1 aromatic carbocycles. The zero-order valence-electron chi connectivity index (χ0n) is 18.4. The molecule has 1 aliphatic rings. The first kappa shape index (κ1) is 21.2. The first-order valence-electron chi connectivity index (χ1n) is 10.9. The smallest absolute Gasteiger partial charge is 0.196 e. The molecular weight excluding hydrogens is 470 g/mol. The fourth-order valence-electron chi connectivity index (χ4n) is 3.87. The topological polar surface area (TPSA) is 151 Å². The van der Waals surface area contributed by atoms with Crippen LogP contribution in [0.5, 0.6) is 5.75 Å². The number of rotatable bonds is 7. The number of aromatic nitrogens is 12. The van der Waals surface area contributed by atoms with Crippen LogP contribution in [0.25, 0.3) is 11.5 Å². The molecule has 0 unspecified atom stereocenters. The van der Waals surface area contributed by atoms with E-state index in [4.69, 9.17) is 9.72 Å². The maximum absolute atomic E-state index is 5.92. The van der Waals surface area contributed by atoms with Gasteiger partial charge in [0, 0.05) is 24.4 Å². The van der Waals surface area contributed by atoms with E-state index in [9.17, 15) is 0 Å². The zero-order chi connectivity index (χ0) is 23.5. The number of hydrogen-bond donors (Lipinski definition) is 0. The monoisotopic (exact) mass is 489 g/mol. The first-order valence-corrected chi connectivity index (χ1v) is 11.8. The summed E-state index contributed by atoms with van der Waals surface area (Å²) in [4.78, 5) is 17.2. The lowest BCUT2D eigenvalue weighted by atomic mass is 9.97. The molecule has 5 heterocycles. The molecule has 15 heteroatoms. The second-order valence-electron chi connectivity index (χ2n) is 7.86. The van der Waals surface area contributed by atoms with Crippen molar-refractivity contribution >= 4 is 17.2 Å². The Morgan fingerprint density at radius 2 is 1.69 bits per heavy atom. The Morgan fingerprint density at radius 3 is 2.40 bits per heavy atom. The minimum atomic E-state index is 0.428. The summed E-state index contributed by atoms with van der Waals surface area (Å²) in [6.45, 7) is 2.21. The van der Waals surface area contributed by atoms with Crippen LogP contribution >= 0.6 is 11.3 Å². The van der Waals surface area contributed by atoms with E-state index >= 15 is 0 Å². The molecule has 1 aliphatic heterocycles. The number of tetrazole rings is 1. The maximum Gasteiger partial charge on any atom is 0.196 e. The highest BCUT2D eigenvalue weighted by molar-refractivity contribution is 7.09. The van der Waals surface area contributed by atoms with E-state index in [1.54, 1.807) is 34.7 Å². The summed E-state index contributed by atoms with van der Waals surface area (Å²) < 4.78 is 7.51. The molecule has 1 fully saturated rings. The van der Waals surface area contributed by atoms with Crippen molar-refractivity contribution in [2.45, 2.75) is 25.4 Å². The number of nitrogens with zero attached hydrogens (tertiary/aromatic N) is 13. The van der Waals surface area contributed by atoms with E-state index in [2.05, 4.69) is 56.6 Å². The van der Waals surface area contributed by atoms with Gasteiger partial charge in [-0.2, -0.15) is 0 Å². The van der Waals surface area contributed by atoms with E-state index in [1.165, 1.54) is 4.80 Å². The van der Waals surface area contributed by atoms with Gasteiger partial charge in [0.15, 0.2) is 5.82 Å². The molecule has 0 radical (unpaired) electrons. The molecule has 0 aliphatic carbocycles. The summed E-state index contributed by atoms with van der Waals surface area (Å²) in [5.74, 6) is 2.51. The standard InChI is InChI=1S/C20H19N13OS/c1-3-17(4-2-16(1)32-13-23-25-28-32)34-11-15-12-35-20(24-15)14-5-7-31(8-6-14)18-9-22-19(10-21-18)33-29-26-27-30-33/h1-4,9-10,12-14H,5-8,11H2. The predicted molar refractivity (Wildman–Crippen MR) is 122 cm³/mol. The van der Waals surface area contributed by atoms with Gasteiger partial charge in [-0.1, -0.05) is 4.80 Å². The number of anilines is 1. The van der Waals surface area contributed by atoms with Gasteiger partial charge < -0.3 is 9.64 Å². The van der Waals surface area contributed by atoms with Crippen LogP contribution in [0.1, 0.15) is 29.5 Å². The fraction of sp³-hybridized carbons (Fsp3) is 0.300. The van der Waals surface area contributed by atoms with Crippen LogP contribution in [-0.2, 0) is 6.61 Å². The van der Waals surface area contributed by atoms with Crippen LogP contribution in [-0.4, -0.2) is 73.9 Å². The van der Waals surface area contributed by atoms with Gasteiger partial charge in [0.05, 0.1) is 28.8 Å². The van der Waals surface area contributed by atoms with Crippen LogP contribution in [0, 0.1) is 0 Å². The highest BCUT2D eigenvalue weighted by Crippen LogP contribution is 2.32. The third-order valence-corrected chi connectivity index (χ3v) is 6.75. The van der Waals surface area contributed by atoms with Gasteiger partial charge in [-0.3, -0.25) is 0 Å². The van der Waals surface area contributed by atoms with Gasteiger partial charge in [0.2, 0.25) is 0 Å². The molecule has 1 saturated heterocycles. The molecule has 176 valence electrons. The molecular formula is C20H19N13OS. The molecule has 0 atom stereocenters. The van der Waals surface area contributed by atoms with Crippen molar-refractivity contribution in [3.05, 3.63) is 59.1 Å². The number of hydrogen-bond acceptors (Lipinski definition) is 13. The average Bonchev–Trinajstić information content (AvgIpc) is 3.71. The molecule has 4 aromatic heterocycles. The van der Waals surface area contributed by atoms with Gasteiger partial charge >= 0.3 is 0 Å². The van der Waals surface area contributed by atoms with E-state index in [0.717, 1.165) is 53.9 Å². The minimum Gasteiger partial charge on any atom is -0.487 e. The number of ether oxygens (including phenoxy) is 1. The molecule has 5 aromatic rings. The Hall–Kier alpha value is -4.40. The summed E-state index contributed by atoms with van der Waals surface area (Å²) in [7, 11) is 0. The molecule has 0 bridgehead atoms. The van der Waals surface area contributed by atoms with Crippen molar-refractivity contribution in [1.29, 1.82) is 0 Å². The molecule has 14 nitrogen and oxygen atoms in total. The SMILES string of the molecule is c1cc(-n2cnnn2)ccc1OCc1csc(C2CCN(c3cnc(-n4nnnn4)cn3)CC2)n1. The van der Waals surface area contributed by atoms with Gasteiger partial charge in [-0.15, -0.1) is 16.4 Å². The van der Waals surface area contributed by atoms with Crippen LogP contribution in [0.4, 0.5) is 5.82 Å². The maximum atomic E-state index is 5.92. The molecule has 0 amide bonds. The second kappa shape index (κ2) is 9.46. The Bertz CT molecular complexity index is 1350. The Morgan fingerprint density at radius 1 is 0.914 bits per heavy atom. The first-order chi connectivity index (χ1) is 17.3. The third kappa shape index (κ3) is 4.65. The number of benzene rings is 1. The zero-order valence-corrected chi connectivity index (χ0v) is 19.2. The van der Waals surface area contributed by atoms with Crippen molar-refractivity contribution in [2.75, 3.05) is 18.0 Å². The van der Waals surface area contributed by atoms with Crippen molar-refractivity contribution in [2.24, 2.45) is 0 Å². The number of piperidine rings is 1. The van der Waals surface area contributed by atoms with Gasteiger partial charge in [-0.05, 0) is 68.4 Å². The van der Waals surface area contributed by atoms with E-state index < -0.39 is 0 Å². The predicted octanol–water partition coefficient (Wildman–Crippen LogP) is 1.24. The fourth-order valence-corrected chi connectivity index (χ4v) is 4.84. The van der Waals surface area contributed by atoms with Crippen LogP contribution in [0.2, 0.25) is 0 Å². The van der Waals surface area contributed by atoms with Crippen LogP contribution in [0.15, 0.2) is 48.4 Å². The molecule has 35 heavy (non-hydrogen) atoms. The summed E-state index contributed by atoms with van der Waals surface area (Å²) in [5, 5.41) is 28.7. The molecule has 0 spiro atoms. The third-order valence-electron chi connectivity index (χ3n) is 5.69. The molecule has 0 N–H and O–H groups in total. The average molecular weight is 490 g/mol. The van der Waals surface area contributed by atoms with Crippen molar-refractivity contribution in [1.82, 2.24) is 60.8 Å². The van der Waals surface area contributed by atoms with Crippen LogP contribution < -0.4 is 9.64 Å². The summed E-state index contributed by atoms with van der Waals surface area (Å²) in [6, 6.07) is 7.61. The second-order valence-corrected chi connectivity index (χ2v) is 8.75. The summed E-state index contributed by atoms with van der Waals surface area (Å²) >= 11 is 1.70. The van der Waals surface area contributed by atoms with E-state index in [1.807, 2.05) is 24.3 Å². The summed E-state index contributed by atoms with van der Waals surface area (Å²) in [6.07, 6.45) is 6.91. The Balaban J connectivity index is 1.01. The lowest BCUT2D eigenvalue weighted by Gasteiger charge is -2.31. The van der Waals surface area contributed by atoms with Gasteiger partial charge in [0.1, 0.15) is 24.5 Å². The van der Waals surface area contributed by atoms with Crippen molar-refractivity contribution < 1.29 is 4.74 Å². The number of thiazole rings is 1. The largest absolute Gasteiger partial charge is 0.487 e. The van der Waals surface area contributed by atoms with Gasteiger partial charge in [-0.25, -0.2) is 19.6 Å². The van der Waals surface area contributed by atoms with Crippen molar-refractivity contribution in [3.63, 3.8) is 0 Å². The van der Waals surface area contributed by atoms with Crippen molar-refractivity contribution in [3.8, 4) is 17.3 Å². The van der Waals surface area contributed by atoms with E-state index in [-0.39, 0.29) is 0 Å². The molecule has 0 saturated carbocycles. The van der Waals surface area contributed by atoms with E-state index in [0.29, 0.717) is 18.3 Å². The summed E-state index contributed by atoms with van der Waals surface area (Å²) in [5.41, 5.74) is 1.81. The highest BCUT2D eigenvalue weighted by Gasteiger charge is 2.24. The molecule has 6 rings (SSSR count). The Labute approximate surface area is 202 Å². The lowest BCUT2D eigenvalue weighted by Crippen LogP contribution is -2.33. The Kier molecular flexibility index (Phi) is 5.72.